The van der Waals surface area contributed by atoms with Crippen molar-refractivity contribution in [3.05, 3.63) is 46.3 Å². The fraction of sp³-hybridized carbons (Fsp3) is 0.500. The monoisotopic (exact) mass is 439 g/mol. The first-order chi connectivity index (χ1) is 14.1. The van der Waals surface area contributed by atoms with Crippen LogP contribution < -0.4 is 4.74 Å². The molecule has 2 aliphatic heterocycles. The summed E-state index contributed by atoms with van der Waals surface area (Å²) in [5.41, 5.74) is 0. The van der Waals surface area contributed by atoms with Crippen LogP contribution in [0.1, 0.15) is 23.4 Å². The number of benzene rings is 1. The van der Waals surface area contributed by atoms with E-state index in [9.17, 15) is 4.79 Å². The van der Waals surface area contributed by atoms with E-state index in [1.54, 1.807) is 23.1 Å². The van der Waals surface area contributed by atoms with E-state index in [4.69, 9.17) is 37.2 Å². The molecule has 1 amide bonds. The van der Waals surface area contributed by atoms with Crippen LogP contribution >= 0.6 is 23.2 Å². The van der Waals surface area contributed by atoms with Gasteiger partial charge in [-0.05, 0) is 25.0 Å². The van der Waals surface area contributed by atoms with Crippen LogP contribution in [0.5, 0.6) is 5.75 Å². The molecule has 3 heterocycles. The Hall–Kier alpha value is -1.80. The fourth-order valence-corrected chi connectivity index (χ4v) is 4.02. The number of likely N-dealkylation sites (tertiary alicyclic amines) is 1. The molecule has 1 atom stereocenters. The van der Waals surface area contributed by atoms with Gasteiger partial charge in [0.1, 0.15) is 11.9 Å². The van der Waals surface area contributed by atoms with Gasteiger partial charge in [-0.15, -0.1) is 0 Å². The van der Waals surface area contributed by atoms with Gasteiger partial charge in [-0.25, -0.2) is 0 Å². The Balaban J connectivity index is 1.24. The fourth-order valence-electron chi connectivity index (χ4n) is 3.74. The second-order valence-corrected chi connectivity index (χ2v) is 8.13. The van der Waals surface area contributed by atoms with E-state index < -0.39 is 0 Å². The number of carbonyl (C=O) groups is 1. The van der Waals surface area contributed by atoms with Gasteiger partial charge in [-0.2, -0.15) is 0 Å². The molecular weight excluding hydrogens is 417 g/mol. The molecule has 2 aliphatic rings. The number of ether oxygens (including phenoxy) is 2. The molecule has 4 rings (SSSR count). The first-order valence-corrected chi connectivity index (χ1v) is 10.5. The molecule has 2 fully saturated rings. The minimum Gasteiger partial charge on any atom is -0.490 e. The van der Waals surface area contributed by atoms with E-state index in [1.807, 2.05) is 6.07 Å². The lowest BCUT2D eigenvalue weighted by molar-refractivity contribution is -0.0422. The molecular formula is C20H23Cl2N3O4. The van der Waals surface area contributed by atoms with Gasteiger partial charge in [0.25, 0.3) is 5.91 Å². The number of nitrogens with zero attached hydrogens (tertiary/aromatic N) is 3. The van der Waals surface area contributed by atoms with Crippen LogP contribution in [0.15, 0.2) is 35.0 Å². The van der Waals surface area contributed by atoms with Crippen molar-refractivity contribution in [2.24, 2.45) is 0 Å². The lowest BCUT2D eigenvalue weighted by Gasteiger charge is -2.38. The number of hydrogen-bond donors (Lipinski definition) is 0. The summed E-state index contributed by atoms with van der Waals surface area (Å²) in [6.07, 6.45) is 3.47. The summed E-state index contributed by atoms with van der Waals surface area (Å²) >= 11 is 12.0. The maximum Gasteiger partial charge on any atom is 0.292 e. The van der Waals surface area contributed by atoms with Crippen molar-refractivity contribution in [1.82, 2.24) is 15.0 Å². The van der Waals surface area contributed by atoms with Crippen molar-refractivity contribution in [2.75, 3.05) is 39.3 Å². The Morgan fingerprint density at radius 1 is 1.17 bits per heavy atom. The molecule has 0 radical (unpaired) electrons. The molecule has 0 N–H and O–H groups in total. The second kappa shape index (κ2) is 9.34. The summed E-state index contributed by atoms with van der Waals surface area (Å²) in [6, 6.07) is 6.94. The maximum atomic E-state index is 12.4. The van der Waals surface area contributed by atoms with E-state index >= 15 is 0 Å². The predicted octanol–water partition coefficient (Wildman–Crippen LogP) is 3.37. The topological polar surface area (TPSA) is 68.0 Å². The Morgan fingerprint density at radius 2 is 2.00 bits per heavy atom. The number of hydrogen-bond acceptors (Lipinski definition) is 6. The van der Waals surface area contributed by atoms with Crippen LogP contribution in [0, 0.1) is 0 Å². The van der Waals surface area contributed by atoms with Gasteiger partial charge in [0.15, 0.2) is 0 Å². The molecule has 1 unspecified atom stereocenters. The van der Waals surface area contributed by atoms with Crippen LogP contribution in [-0.4, -0.2) is 72.4 Å². The molecule has 1 aromatic carbocycles. The van der Waals surface area contributed by atoms with Gasteiger partial charge in [-0.1, -0.05) is 28.4 Å². The second-order valence-electron chi connectivity index (χ2n) is 7.31. The van der Waals surface area contributed by atoms with Gasteiger partial charge < -0.3 is 23.8 Å². The van der Waals surface area contributed by atoms with Crippen molar-refractivity contribution in [2.45, 2.75) is 25.0 Å². The molecule has 156 valence electrons. The summed E-state index contributed by atoms with van der Waals surface area (Å²) in [7, 11) is 0. The minimum atomic E-state index is -0.135. The van der Waals surface area contributed by atoms with Crippen LogP contribution in [0.3, 0.4) is 0 Å². The standard InChI is InChI=1S/C20H23Cl2N3O4/c21-17-2-1-15(11-18(17)22)28-14-4-7-24(8-5-14)12-16-13-25(9-10-27-16)20(26)19-3-6-23-29-19/h1-3,6,11,14,16H,4-5,7-10,12-13H2. The molecule has 0 bridgehead atoms. The summed E-state index contributed by atoms with van der Waals surface area (Å²) in [6.45, 7) is 4.28. The van der Waals surface area contributed by atoms with Crippen molar-refractivity contribution >= 4 is 29.1 Å². The molecule has 2 saturated heterocycles. The number of amides is 1. The number of piperidine rings is 1. The lowest BCUT2D eigenvalue weighted by atomic mass is 10.1. The highest BCUT2D eigenvalue weighted by Gasteiger charge is 2.29. The average Bonchev–Trinajstić information content (AvgIpc) is 3.27. The van der Waals surface area contributed by atoms with Crippen molar-refractivity contribution < 1.29 is 18.8 Å². The molecule has 9 heteroatoms. The first-order valence-electron chi connectivity index (χ1n) is 9.74. The highest BCUT2D eigenvalue weighted by Crippen LogP contribution is 2.28. The molecule has 1 aromatic heterocycles. The van der Waals surface area contributed by atoms with Crippen molar-refractivity contribution in [3.8, 4) is 5.75 Å². The van der Waals surface area contributed by atoms with Gasteiger partial charge in [0.2, 0.25) is 5.76 Å². The minimum absolute atomic E-state index is 0.0110. The van der Waals surface area contributed by atoms with Gasteiger partial charge in [0, 0.05) is 44.9 Å². The Morgan fingerprint density at radius 3 is 2.72 bits per heavy atom. The summed E-state index contributed by atoms with van der Waals surface area (Å²) in [5.74, 6) is 0.880. The van der Waals surface area contributed by atoms with Crippen molar-refractivity contribution in [3.63, 3.8) is 0 Å². The third kappa shape index (κ3) is 5.22. The average molecular weight is 440 g/mol. The normalized spacial score (nSPS) is 21.3. The van der Waals surface area contributed by atoms with E-state index in [-0.39, 0.29) is 23.9 Å². The van der Waals surface area contributed by atoms with E-state index in [1.165, 1.54) is 6.20 Å². The van der Waals surface area contributed by atoms with Crippen LogP contribution in [0.25, 0.3) is 0 Å². The smallest absolute Gasteiger partial charge is 0.292 e. The van der Waals surface area contributed by atoms with Gasteiger partial charge in [0.05, 0.1) is 29.0 Å². The summed E-state index contributed by atoms with van der Waals surface area (Å²) < 4.78 is 16.9. The van der Waals surface area contributed by atoms with E-state index in [0.717, 1.165) is 38.2 Å². The molecule has 7 nitrogen and oxygen atoms in total. The van der Waals surface area contributed by atoms with Crippen LogP contribution in [0.2, 0.25) is 10.0 Å². The van der Waals surface area contributed by atoms with Gasteiger partial charge >= 0.3 is 0 Å². The Kier molecular flexibility index (Phi) is 6.60. The SMILES string of the molecule is O=C(c1ccno1)N1CCOC(CN2CCC(Oc3ccc(Cl)c(Cl)c3)CC2)C1. The quantitative estimate of drug-likeness (QED) is 0.711. The maximum absolute atomic E-state index is 12.4. The van der Waals surface area contributed by atoms with E-state index in [0.29, 0.717) is 29.7 Å². The highest BCUT2D eigenvalue weighted by molar-refractivity contribution is 6.42. The largest absolute Gasteiger partial charge is 0.490 e. The summed E-state index contributed by atoms with van der Waals surface area (Å²) in [5, 5.41) is 4.63. The van der Waals surface area contributed by atoms with Gasteiger partial charge in [-0.3, -0.25) is 4.79 Å². The first kappa shape index (κ1) is 20.5. The zero-order valence-electron chi connectivity index (χ0n) is 15.9. The Labute approximate surface area is 179 Å². The molecule has 0 spiro atoms. The number of aromatic nitrogens is 1. The molecule has 29 heavy (non-hydrogen) atoms. The third-order valence-electron chi connectivity index (χ3n) is 5.26. The van der Waals surface area contributed by atoms with E-state index in [2.05, 4.69) is 10.1 Å². The van der Waals surface area contributed by atoms with Crippen LogP contribution in [0.4, 0.5) is 0 Å². The molecule has 0 saturated carbocycles. The molecule has 0 aliphatic carbocycles. The number of rotatable bonds is 5. The number of carbonyl (C=O) groups excluding carboxylic acids is 1. The number of morpholine rings is 1. The predicted molar refractivity (Wildman–Crippen MR) is 109 cm³/mol. The van der Waals surface area contributed by atoms with Crippen LogP contribution in [-0.2, 0) is 4.74 Å². The third-order valence-corrected chi connectivity index (χ3v) is 6.00. The lowest BCUT2D eigenvalue weighted by Crippen LogP contribution is -2.51. The number of halogens is 2. The van der Waals surface area contributed by atoms with Crippen molar-refractivity contribution in [1.29, 1.82) is 0 Å². The summed E-state index contributed by atoms with van der Waals surface area (Å²) in [4.78, 5) is 16.6. The highest BCUT2D eigenvalue weighted by atomic mass is 35.5. The zero-order valence-corrected chi connectivity index (χ0v) is 17.4. The molecule has 2 aromatic rings. The zero-order chi connectivity index (χ0) is 20.2. The Bertz CT molecular complexity index is 825.